The average Bonchev–Trinajstić information content (AvgIpc) is 2.63. The SMILES string of the molecule is CC(Cn1cnc2c(N)ncnc21)C(=O)O. The molecule has 0 aliphatic carbocycles. The first-order valence-corrected chi connectivity index (χ1v) is 4.73. The van der Waals surface area contributed by atoms with E-state index in [9.17, 15) is 4.79 Å². The maximum atomic E-state index is 10.7. The molecule has 0 radical (unpaired) electrons. The number of hydrogen-bond acceptors (Lipinski definition) is 5. The Bertz CT molecular complexity index is 536. The van der Waals surface area contributed by atoms with Crippen LogP contribution in [0.25, 0.3) is 11.2 Å². The molecule has 16 heavy (non-hydrogen) atoms. The van der Waals surface area contributed by atoms with Crippen molar-refractivity contribution in [2.75, 3.05) is 5.73 Å². The fourth-order valence-electron chi connectivity index (χ4n) is 1.41. The number of aliphatic carboxylic acids is 1. The minimum atomic E-state index is -0.858. The van der Waals surface area contributed by atoms with E-state index >= 15 is 0 Å². The highest BCUT2D eigenvalue weighted by Gasteiger charge is 2.14. The van der Waals surface area contributed by atoms with E-state index in [4.69, 9.17) is 10.8 Å². The number of carboxylic acid groups (broad SMARTS) is 1. The first-order chi connectivity index (χ1) is 7.59. The zero-order valence-corrected chi connectivity index (χ0v) is 8.66. The van der Waals surface area contributed by atoms with Gasteiger partial charge >= 0.3 is 5.97 Å². The Morgan fingerprint density at radius 3 is 3.00 bits per heavy atom. The molecule has 0 saturated carbocycles. The quantitative estimate of drug-likeness (QED) is 0.762. The molecule has 7 heteroatoms. The molecular weight excluding hydrogens is 210 g/mol. The van der Waals surface area contributed by atoms with Gasteiger partial charge in [-0.15, -0.1) is 0 Å². The normalized spacial score (nSPS) is 12.8. The summed E-state index contributed by atoms with van der Waals surface area (Å²) in [5, 5.41) is 8.82. The van der Waals surface area contributed by atoms with E-state index in [0.717, 1.165) is 0 Å². The highest BCUT2D eigenvalue weighted by molar-refractivity contribution is 5.81. The van der Waals surface area contributed by atoms with Gasteiger partial charge in [0.2, 0.25) is 0 Å². The monoisotopic (exact) mass is 221 g/mol. The first-order valence-electron chi connectivity index (χ1n) is 4.73. The fourth-order valence-corrected chi connectivity index (χ4v) is 1.41. The molecule has 0 spiro atoms. The summed E-state index contributed by atoms with van der Waals surface area (Å²) >= 11 is 0. The van der Waals surface area contributed by atoms with Crippen molar-refractivity contribution in [3.8, 4) is 0 Å². The van der Waals surface area contributed by atoms with Gasteiger partial charge in [-0.25, -0.2) is 15.0 Å². The number of aromatic nitrogens is 4. The number of carbonyl (C=O) groups is 1. The maximum Gasteiger partial charge on any atom is 0.308 e. The lowest BCUT2D eigenvalue weighted by Gasteiger charge is -2.07. The van der Waals surface area contributed by atoms with Crippen molar-refractivity contribution in [3.63, 3.8) is 0 Å². The Morgan fingerprint density at radius 1 is 1.56 bits per heavy atom. The van der Waals surface area contributed by atoms with Crippen molar-refractivity contribution in [1.29, 1.82) is 0 Å². The third kappa shape index (κ3) is 1.67. The maximum absolute atomic E-state index is 10.7. The Kier molecular flexibility index (Phi) is 2.43. The van der Waals surface area contributed by atoms with Gasteiger partial charge in [0, 0.05) is 6.54 Å². The fraction of sp³-hybridized carbons (Fsp3) is 0.333. The van der Waals surface area contributed by atoms with E-state index in [-0.39, 0.29) is 0 Å². The van der Waals surface area contributed by atoms with Crippen molar-refractivity contribution in [2.45, 2.75) is 13.5 Å². The molecule has 0 aromatic carbocycles. The van der Waals surface area contributed by atoms with Gasteiger partial charge in [-0.3, -0.25) is 4.79 Å². The summed E-state index contributed by atoms with van der Waals surface area (Å²) in [7, 11) is 0. The van der Waals surface area contributed by atoms with Crippen LogP contribution in [0, 0.1) is 5.92 Å². The number of rotatable bonds is 3. The van der Waals surface area contributed by atoms with E-state index in [2.05, 4.69) is 15.0 Å². The lowest BCUT2D eigenvalue weighted by Crippen LogP contribution is -2.16. The van der Waals surface area contributed by atoms with Crippen molar-refractivity contribution >= 4 is 23.0 Å². The third-order valence-corrected chi connectivity index (χ3v) is 2.32. The van der Waals surface area contributed by atoms with Crippen LogP contribution in [0.2, 0.25) is 0 Å². The molecule has 2 heterocycles. The number of anilines is 1. The van der Waals surface area contributed by atoms with Gasteiger partial charge in [0.15, 0.2) is 11.5 Å². The van der Waals surface area contributed by atoms with Crippen LogP contribution >= 0.6 is 0 Å². The van der Waals surface area contributed by atoms with Crippen LogP contribution in [-0.4, -0.2) is 30.6 Å². The van der Waals surface area contributed by atoms with E-state index in [1.807, 2.05) is 0 Å². The number of carboxylic acids is 1. The summed E-state index contributed by atoms with van der Waals surface area (Å²) in [6.07, 6.45) is 2.86. The number of nitrogen functional groups attached to an aromatic ring is 1. The Morgan fingerprint density at radius 2 is 2.31 bits per heavy atom. The summed E-state index contributed by atoms with van der Waals surface area (Å²) in [6.45, 7) is 1.93. The van der Waals surface area contributed by atoms with Crippen LogP contribution in [0.5, 0.6) is 0 Å². The molecule has 7 nitrogen and oxygen atoms in total. The molecule has 0 bridgehead atoms. The van der Waals surface area contributed by atoms with Crippen LogP contribution < -0.4 is 5.73 Å². The summed E-state index contributed by atoms with van der Waals surface area (Å²) in [6, 6.07) is 0. The topological polar surface area (TPSA) is 107 Å². The Labute approximate surface area is 90.9 Å². The second kappa shape index (κ2) is 3.76. The molecule has 84 valence electrons. The zero-order valence-electron chi connectivity index (χ0n) is 8.66. The largest absolute Gasteiger partial charge is 0.481 e. The molecule has 1 atom stereocenters. The van der Waals surface area contributed by atoms with Crippen LogP contribution in [0.15, 0.2) is 12.7 Å². The predicted molar refractivity (Wildman–Crippen MR) is 56.5 cm³/mol. The van der Waals surface area contributed by atoms with Gasteiger partial charge < -0.3 is 15.4 Å². The standard InChI is InChI=1S/C9H11N5O2/c1-5(9(15)16)2-14-4-13-6-7(10)11-3-12-8(6)14/h3-5H,2H2,1H3,(H,15,16)(H2,10,11,12). The zero-order chi connectivity index (χ0) is 11.7. The first kappa shape index (κ1) is 10.3. The van der Waals surface area contributed by atoms with Gasteiger partial charge in [0.1, 0.15) is 11.8 Å². The van der Waals surface area contributed by atoms with Gasteiger partial charge in [0.25, 0.3) is 0 Å². The lowest BCUT2D eigenvalue weighted by atomic mass is 10.2. The predicted octanol–water partition coefficient (Wildman–Crippen LogP) is 0.129. The van der Waals surface area contributed by atoms with Crippen molar-refractivity contribution in [3.05, 3.63) is 12.7 Å². The van der Waals surface area contributed by atoms with Crippen molar-refractivity contribution < 1.29 is 9.90 Å². The van der Waals surface area contributed by atoms with E-state index < -0.39 is 11.9 Å². The summed E-state index contributed by atoms with van der Waals surface area (Å²) < 4.78 is 1.66. The second-order valence-electron chi connectivity index (χ2n) is 3.57. The van der Waals surface area contributed by atoms with Crippen LogP contribution in [0.1, 0.15) is 6.92 Å². The molecule has 0 saturated heterocycles. The van der Waals surface area contributed by atoms with Gasteiger partial charge in [0.05, 0.1) is 12.2 Å². The highest BCUT2D eigenvalue weighted by Crippen LogP contribution is 2.15. The van der Waals surface area contributed by atoms with Crippen molar-refractivity contribution in [1.82, 2.24) is 19.5 Å². The van der Waals surface area contributed by atoms with Crippen LogP contribution in [0.3, 0.4) is 0 Å². The second-order valence-corrected chi connectivity index (χ2v) is 3.57. The van der Waals surface area contributed by atoms with E-state index in [1.165, 1.54) is 12.7 Å². The van der Waals surface area contributed by atoms with Crippen LogP contribution in [0.4, 0.5) is 5.82 Å². The number of hydrogen-bond donors (Lipinski definition) is 2. The number of nitrogens with two attached hydrogens (primary N) is 1. The molecule has 2 rings (SSSR count). The molecule has 1 unspecified atom stereocenters. The molecule has 0 fully saturated rings. The minimum absolute atomic E-state index is 0.298. The summed E-state index contributed by atoms with van der Waals surface area (Å²) in [5.74, 6) is -1.07. The highest BCUT2D eigenvalue weighted by atomic mass is 16.4. The molecular formula is C9H11N5O2. The Hall–Kier alpha value is -2.18. The lowest BCUT2D eigenvalue weighted by molar-refractivity contribution is -0.141. The molecule has 2 aromatic heterocycles. The number of nitrogens with zero attached hydrogens (tertiary/aromatic N) is 4. The van der Waals surface area contributed by atoms with Crippen molar-refractivity contribution in [2.24, 2.45) is 5.92 Å². The smallest absolute Gasteiger partial charge is 0.308 e. The molecule has 3 N–H and O–H groups in total. The van der Waals surface area contributed by atoms with Gasteiger partial charge in [-0.1, -0.05) is 6.92 Å². The Balaban J connectivity index is 2.39. The molecule has 0 aliphatic heterocycles. The van der Waals surface area contributed by atoms with Gasteiger partial charge in [-0.2, -0.15) is 0 Å². The molecule has 0 aliphatic rings. The van der Waals surface area contributed by atoms with E-state index in [0.29, 0.717) is 23.5 Å². The molecule has 2 aromatic rings. The summed E-state index contributed by atoms with van der Waals surface area (Å²) in [4.78, 5) is 22.6. The number of fused-ring (bicyclic) bond motifs is 1. The minimum Gasteiger partial charge on any atom is -0.481 e. The third-order valence-electron chi connectivity index (χ3n) is 2.32. The van der Waals surface area contributed by atoms with E-state index in [1.54, 1.807) is 11.5 Å². The van der Waals surface area contributed by atoms with Crippen LogP contribution in [-0.2, 0) is 11.3 Å². The van der Waals surface area contributed by atoms with Gasteiger partial charge in [-0.05, 0) is 0 Å². The molecule has 0 amide bonds. The number of imidazole rings is 1. The summed E-state index contributed by atoms with van der Waals surface area (Å²) in [5.41, 5.74) is 6.67. The average molecular weight is 221 g/mol.